The van der Waals surface area contributed by atoms with Crippen molar-refractivity contribution in [3.63, 3.8) is 0 Å². The summed E-state index contributed by atoms with van der Waals surface area (Å²) in [6, 6.07) is 10.8. The first-order chi connectivity index (χ1) is 14.7. The van der Waals surface area contributed by atoms with Crippen LogP contribution in [0, 0.1) is 0 Å². The first-order valence-electron chi connectivity index (χ1n) is 9.39. The van der Waals surface area contributed by atoms with Crippen LogP contribution in [0.1, 0.15) is 43.6 Å². The second-order valence-corrected chi connectivity index (χ2v) is 7.91. The molecular weight excluding hydrogens is 416 g/mol. The smallest absolute Gasteiger partial charge is 0.355 e. The monoisotopic (exact) mass is 438 g/mol. The minimum atomic E-state index is -0.731. The van der Waals surface area contributed by atoms with Crippen molar-refractivity contribution in [1.82, 2.24) is 14.8 Å². The predicted octanol–water partition coefficient (Wildman–Crippen LogP) is 4.94. The molecule has 0 aliphatic rings. The third-order valence-electron chi connectivity index (χ3n) is 4.34. The number of hydrogen-bond donors (Lipinski definition) is 2. The number of hydrogen-bond acceptors (Lipinski definition) is 8. The summed E-state index contributed by atoms with van der Waals surface area (Å²) in [6.07, 6.45) is 2.90. The molecular formula is C21H22N6O3S. The van der Waals surface area contributed by atoms with Gasteiger partial charge < -0.3 is 9.50 Å². The van der Waals surface area contributed by atoms with E-state index in [9.17, 15) is 9.59 Å². The van der Waals surface area contributed by atoms with E-state index >= 15 is 0 Å². The molecule has 10 heteroatoms. The third kappa shape index (κ3) is 5.15. The van der Waals surface area contributed by atoms with Crippen molar-refractivity contribution in [2.24, 2.45) is 10.2 Å². The van der Waals surface area contributed by atoms with Crippen LogP contribution in [0.3, 0.4) is 0 Å². The summed E-state index contributed by atoms with van der Waals surface area (Å²) < 4.78 is 5.91. The van der Waals surface area contributed by atoms with Crippen molar-refractivity contribution < 1.29 is 13.8 Å². The molecule has 0 aliphatic heterocycles. The zero-order chi connectivity index (χ0) is 22.6. The molecule has 1 N–H and O–H groups in total. The minimum absolute atomic E-state index is 0.0671. The van der Waals surface area contributed by atoms with E-state index < -0.39 is 5.97 Å². The molecule has 0 radical (unpaired) electrons. The van der Waals surface area contributed by atoms with E-state index in [1.54, 1.807) is 30.5 Å². The SMILES string of the molecule is CC(=O)Nc1ccc(C(C)(C)C)cc1/N=N/c1c(C(=O)OS)cnn1-c1ccccn1. The third-order valence-corrected chi connectivity index (χ3v) is 4.51. The van der Waals surface area contributed by atoms with Gasteiger partial charge in [0.2, 0.25) is 5.91 Å². The maximum atomic E-state index is 12.2. The molecule has 0 aliphatic carbocycles. The van der Waals surface area contributed by atoms with E-state index in [0.29, 0.717) is 17.2 Å². The normalized spacial score (nSPS) is 11.5. The summed E-state index contributed by atoms with van der Waals surface area (Å²) >= 11 is 3.59. The minimum Gasteiger partial charge on any atom is -0.391 e. The van der Waals surface area contributed by atoms with Gasteiger partial charge in [0.25, 0.3) is 0 Å². The zero-order valence-corrected chi connectivity index (χ0v) is 18.4. The van der Waals surface area contributed by atoms with E-state index in [2.05, 4.69) is 63.5 Å². The second kappa shape index (κ2) is 9.09. The molecule has 160 valence electrons. The lowest BCUT2D eigenvalue weighted by molar-refractivity contribution is -0.114. The summed E-state index contributed by atoms with van der Waals surface area (Å²) in [6.45, 7) is 7.62. The van der Waals surface area contributed by atoms with Crippen LogP contribution in [0.25, 0.3) is 5.82 Å². The van der Waals surface area contributed by atoms with Gasteiger partial charge in [-0.1, -0.05) is 32.9 Å². The fourth-order valence-corrected chi connectivity index (χ4v) is 2.85. The molecule has 2 aromatic heterocycles. The van der Waals surface area contributed by atoms with Gasteiger partial charge in [-0.25, -0.2) is 9.78 Å². The number of azo groups is 1. The van der Waals surface area contributed by atoms with Crippen molar-refractivity contribution in [1.29, 1.82) is 0 Å². The predicted molar refractivity (Wildman–Crippen MR) is 119 cm³/mol. The molecule has 0 atom stereocenters. The Balaban J connectivity index is 2.13. The van der Waals surface area contributed by atoms with E-state index in [-0.39, 0.29) is 22.7 Å². The zero-order valence-electron chi connectivity index (χ0n) is 17.5. The fourth-order valence-electron chi connectivity index (χ4n) is 2.76. The van der Waals surface area contributed by atoms with Crippen LogP contribution >= 0.6 is 12.9 Å². The van der Waals surface area contributed by atoms with E-state index in [4.69, 9.17) is 0 Å². The molecule has 1 aromatic carbocycles. The quantitative estimate of drug-likeness (QED) is 0.333. The van der Waals surface area contributed by atoms with Crippen molar-refractivity contribution in [3.05, 3.63) is 59.9 Å². The van der Waals surface area contributed by atoms with Crippen LogP contribution in [-0.2, 0) is 14.4 Å². The van der Waals surface area contributed by atoms with Crippen LogP contribution in [0.15, 0.2) is 59.0 Å². The summed E-state index contributed by atoms with van der Waals surface area (Å²) in [5.74, 6) is -0.407. The van der Waals surface area contributed by atoms with Crippen LogP contribution in [0.4, 0.5) is 17.2 Å². The molecule has 31 heavy (non-hydrogen) atoms. The van der Waals surface area contributed by atoms with Crippen LogP contribution in [0.5, 0.6) is 0 Å². The Hall–Kier alpha value is -3.53. The molecule has 0 unspecified atom stereocenters. The van der Waals surface area contributed by atoms with Gasteiger partial charge >= 0.3 is 5.97 Å². The summed E-state index contributed by atoms with van der Waals surface area (Å²) in [5.41, 5.74) is 1.85. The number of carbonyl (C=O) groups excluding carboxylic acids is 2. The average Bonchev–Trinajstić information content (AvgIpc) is 3.15. The number of pyridine rings is 1. The first kappa shape index (κ1) is 22.2. The lowest BCUT2D eigenvalue weighted by atomic mass is 9.86. The van der Waals surface area contributed by atoms with Gasteiger partial charge in [0.1, 0.15) is 11.3 Å². The Morgan fingerprint density at radius 3 is 2.55 bits per heavy atom. The molecule has 3 rings (SSSR count). The van der Waals surface area contributed by atoms with Gasteiger partial charge in [0, 0.05) is 26.0 Å². The van der Waals surface area contributed by atoms with Gasteiger partial charge in [-0.05, 0) is 35.2 Å². The Labute approximate surface area is 185 Å². The average molecular weight is 439 g/mol. The number of thiol groups is 1. The molecule has 0 bridgehead atoms. The molecule has 0 saturated carbocycles. The van der Waals surface area contributed by atoms with Crippen molar-refractivity contribution >= 4 is 42.0 Å². The largest absolute Gasteiger partial charge is 0.391 e. The number of nitrogens with one attached hydrogen (secondary N) is 1. The van der Waals surface area contributed by atoms with Gasteiger partial charge in [0.15, 0.2) is 11.6 Å². The molecule has 0 fully saturated rings. The van der Waals surface area contributed by atoms with Gasteiger partial charge in [0.05, 0.1) is 11.9 Å². The molecule has 0 saturated heterocycles. The molecule has 2 heterocycles. The maximum absolute atomic E-state index is 12.2. The Morgan fingerprint density at radius 2 is 1.94 bits per heavy atom. The van der Waals surface area contributed by atoms with Gasteiger partial charge in [-0.15, -0.1) is 10.2 Å². The van der Waals surface area contributed by atoms with Crippen LogP contribution < -0.4 is 5.32 Å². The number of aromatic nitrogens is 3. The molecule has 1 amide bonds. The summed E-state index contributed by atoms with van der Waals surface area (Å²) in [7, 11) is 0. The number of amides is 1. The number of carbonyl (C=O) groups is 2. The van der Waals surface area contributed by atoms with Crippen molar-refractivity contribution in [2.75, 3.05) is 5.32 Å². The second-order valence-electron chi connectivity index (χ2n) is 7.72. The molecule has 0 spiro atoms. The highest BCUT2D eigenvalue weighted by atomic mass is 32.1. The topological polar surface area (TPSA) is 111 Å². The summed E-state index contributed by atoms with van der Waals surface area (Å²) in [4.78, 5) is 28.0. The van der Waals surface area contributed by atoms with Crippen molar-refractivity contribution in [3.8, 4) is 5.82 Å². The highest BCUT2D eigenvalue weighted by Crippen LogP contribution is 2.34. The Morgan fingerprint density at radius 1 is 1.16 bits per heavy atom. The molecule has 9 nitrogen and oxygen atoms in total. The van der Waals surface area contributed by atoms with Crippen LogP contribution in [0.2, 0.25) is 0 Å². The number of nitrogens with zero attached hydrogens (tertiary/aromatic N) is 5. The van der Waals surface area contributed by atoms with Gasteiger partial charge in [-0.3, -0.25) is 4.79 Å². The number of anilines is 1. The Kier molecular flexibility index (Phi) is 6.50. The highest BCUT2D eigenvalue weighted by molar-refractivity contribution is 7.75. The lowest BCUT2D eigenvalue weighted by Crippen LogP contribution is -2.12. The van der Waals surface area contributed by atoms with Gasteiger partial charge in [-0.2, -0.15) is 9.78 Å². The number of rotatable bonds is 5. The fraction of sp³-hybridized carbons (Fsp3) is 0.238. The van der Waals surface area contributed by atoms with E-state index in [1.165, 1.54) is 17.8 Å². The first-order valence-corrected chi connectivity index (χ1v) is 9.76. The van der Waals surface area contributed by atoms with E-state index in [1.807, 2.05) is 12.1 Å². The molecule has 3 aromatic rings. The summed E-state index contributed by atoms with van der Waals surface area (Å²) in [5, 5.41) is 15.5. The Bertz CT molecular complexity index is 1140. The standard InChI is InChI=1S/C21H22N6O3S/c1-13(28)24-16-9-8-14(21(2,3)4)11-17(16)25-26-19-15(20(29)30-31)12-23-27(19)18-7-5-6-10-22-18/h5-12,31H,1-4H3,(H,24,28)/b26-25+. The highest BCUT2D eigenvalue weighted by Gasteiger charge is 2.21. The maximum Gasteiger partial charge on any atom is 0.355 e. The number of benzene rings is 1. The van der Waals surface area contributed by atoms with E-state index in [0.717, 1.165) is 5.56 Å². The lowest BCUT2D eigenvalue weighted by Gasteiger charge is -2.20. The van der Waals surface area contributed by atoms with Crippen LogP contribution in [-0.4, -0.2) is 26.6 Å². The van der Waals surface area contributed by atoms with Crippen molar-refractivity contribution in [2.45, 2.75) is 33.1 Å².